The summed E-state index contributed by atoms with van der Waals surface area (Å²) < 4.78 is 5.68. The number of ether oxygens (including phenoxy) is 1. The predicted molar refractivity (Wildman–Crippen MR) is 156 cm³/mol. The van der Waals surface area contributed by atoms with Gasteiger partial charge in [0.1, 0.15) is 11.6 Å². The number of aromatic nitrogens is 3. The second-order valence-electron chi connectivity index (χ2n) is 11.7. The van der Waals surface area contributed by atoms with Crippen LogP contribution in [0.1, 0.15) is 74.4 Å². The molecule has 0 atom stereocenters. The first-order valence-corrected chi connectivity index (χ1v) is 14.3. The van der Waals surface area contributed by atoms with Crippen LogP contribution in [0.4, 0.5) is 11.5 Å². The Morgan fingerprint density at radius 1 is 0.868 bits per heavy atom. The van der Waals surface area contributed by atoms with Crippen molar-refractivity contribution in [1.82, 2.24) is 15.0 Å². The normalized spacial score (nSPS) is 16.9. The molecule has 6 nitrogen and oxygen atoms in total. The molecule has 0 bridgehead atoms. The van der Waals surface area contributed by atoms with Crippen LogP contribution in [0.5, 0.6) is 5.88 Å². The maximum Gasteiger partial charge on any atom is 0.218 e. The number of pyridine rings is 1. The molecule has 202 valence electrons. The molecule has 1 aromatic carbocycles. The lowest BCUT2D eigenvalue weighted by Crippen LogP contribution is -2.38. The second kappa shape index (κ2) is 10.5. The summed E-state index contributed by atoms with van der Waals surface area (Å²) >= 11 is 0. The van der Waals surface area contributed by atoms with E-state index in [0.717, 1.165) is 56.4 Å². The summed E-state index contributed by atoms with van der Waals surface area (Å²) in [5.74, 6) is 2.34. The number of nitrogens with zero attached hydrogens (tertiary/aromatic N) is 5. The number of fused-ring (bicyclic) bond motifs is 1. The Balaban J connectivity index is 1.49. The molecule has 0 N–H and O–H groups in total. The summed E-state index contributed by atoms with van der Waals surface area (Å²) in [6.45, 7) is 20.0. The Labute approximate surface area is 228 Å². The van der Waals surface area contributed by atoms with Crippen molar-refractivity contribution in [2.45, 2.75) is 80.7 Å². The fourth-order valence-electron chi connectivity index (χ4n) is 6.14. The molecule has 38 heavy (non-hydrogen) atoms. The number of piperidine rings is 1. The van der Waals surface area contributed by atoms with Crippen LogP contribution in [0.2, 0.25) is 0 Å². The zero-order valence-corrected chi connectivity index (χ0v) is 24.3. The van der Waals surface area contributed by atoms with Gasteiger partial charge in [0.25, 0.3) is 0 Å². The van der Waals surface area contributed by atoms with E-state index in [-0.39, 0.29) is 0 Å². The number of hydrogen-bond acceptors (Lipinski definition) is 6. The number of benzene rings is 1. The zero-order valence-electron chi connectivity index (χ0n) is 24.3. The number of hydrogen-bond donors (Lipinski definition) is 0. The smallest absolute Gasteiger partial charge is 0.218 e. The molecule has 0 spiro atoms. The third-order valence-corrected chi connectivity index (χ3v) is 8.37. The van der Waals surface area contributed by atoms with Gasteiger partial charge in [0, 0.05) is 49.2 Å². The number of anilines is 2. The summed E-state index contributed by atoms with van der Waals surface area (Å²) in [7, 11) is 0. The van der Waals surface area contributed by atoms with E-state index in [1.807, 2.05) is 19.9 Å². The molecule has 3 aromatic rings. The van der Waals surface area contributed by atoms with E-state index in [0.29, 0.717) is 17.9 Å². The van der Waals surface area contributed by atoms with Crippen LogP contribution in [0, 0.1) is 26.2 Å². The summed E-state index contributed by atoms with van der Waals surface area (Å²) in [4.78, 5) is 19.2. The number of aryl methyl sites for hydroxylation is 3. The van der Waals surface area contributed by atoms with Crippen LogP contribution in [-0.2, 0) is 19.4 Å². The van der Waals surface area contributed by atoms with E-state index >= 15 is 0 Å². The van der Waals surface area contributed by atoms with Gasteiger partial charge in [-0.1, -0.05) is 39.0 Å². The Bertz CT molecular complexity index is 1320. The SMILES string of the molecule is CCOc1cc(N2CCc3cc(-c4c(C)nc(C)c(CC)c4N4CCC(C)(C)CC4)ccc3C2)nc(C)n1. The molecule has 2 aliphatic heterocycles. The molecule has 2 aromatic heterocycles. The van der Waals surface area contributed by atoms with Crippen molar-refractivity contribution < 1.29 is 4.74 Å². The maximum atomic E-state index is 5.68. The summed E-state index contributed by atoms with van der Waals surface area (Å²) in [5.41, 5.74) is 11.0. The van der Waals surface area contributed by atoms with Gasteiger partial charge >= 0.3 is 0 Å². The lowest BCUT2D eigenvalue weighted by molar-refractivity contribution is 0.279. The van der Waals surface area contributed by atoms with E-state index in [1.165, 1.54) is 52.0 Å². The van der Waals surface area contributed by atoms with Gasteiger partial charge in [-0.2, -0.15) is 4.98 Å². The lowest BCUT2D eigenvalue weighted by Gasteiger charge is -2.40. The number of rotatable bonds is 6. The standard InChI is InChI=1S/C32H43N5O/c1-8-27-21(3)33-22(4)30(31(27)36-16-13-32(6,7)14-17-36)25-10-11-26-20-37(15-12-24(26)18-25)28-19-29(38-9-2)35-23(5)34-28/h10-11,18-19H,8-9,12-17,20H2,1-7H3. The fourth-order valence-corrected chi connectivity index (χ4v) is 6.14. The highest BCUT2D eigenvalue weighted by atomic mass is 16.5. The van der Waals surface area contributed by atoms with Crippen molar-refractivity contribution in [1.29, 1.82) is 0 Å². The minimum atomic E-state index is 0.420. The van der Waals surface area contributed by atoms with Crippen LogP contribution < -0.4 is 14.5 Å². The average molecular weight is 514 g/mol. The Morgan fingerprint density at radius 2 is 1.63 bits per heavy atom. The second-order valence-corrected chi connectivity index (χ2v) is 11.7. The summed E-state index contributed by atoms with van der Waals surface area (Å²) in [6, 6.07) is 9.03. The maximum absolute atomic E-state index is 5.68. The zero-order chi connectivity index (χ0) is 27.0. The van der Waals surface area contributed by atoms with Crippen molar-refractivity contribution in [3.05, 3.63) is 58.2 Å². The first-order chi connectivity index (χ1) is 18.2. The third-order valence-electron chi connectivity index (χ3n) is 8.37. The Kier molecular flexibility index (Phi) is 7.34. The van der Waals surface area contributed by atoms with Crippen LogP contribution in [-0.4, -0.2) is 41.2 Å². The van der Waals surface area contributed by atoms with Gasteiger partial charge in [-0.05, 0) is 81.0 Å². The van der Waals surface area contributed by atoms with E-state index in [4.69, 9.17) is 14.7 Å². The Morgan fingerprint density at radius 3 is 2.34 bits per heavy atom. The minimum Gasteiger partial charge on any atom is -0.478 e. The highest BCUT2D eigenvalue weighted by Crippen LogP contribution is 2.42. The van der Waals surface area contributed by atoms with Crippen LogP contribution >= 0.6 is 0 Å². The highest BCUT2D eigenvalue weighted by Gasteiger charge is 2.30. The molecule has 4 heterocycles. The minimum absolute atomic E-state index is 0.420. The molecule has 0 aliphatic carbocycles. The van der Waals surface area contributed by atoms with Crippen LogP contribution in [0.3, 0.4) is 0 Å². The molecule has 0 unspecified atom stereocenters. The first kappa shape index (κ1) is 26.5. The van der Waals surface area contributed by atoms with E-state index in [2.05, 4.69) is 67.6 Å². The highest BCUT2D eigenvalue weighted by molar-refractivity contribution is 5.84. The molecule has 0 saturated carbocycles. The first-order valence-electron chi connectivity index (χ1n) is 14.3. The average Bonchev–Trinajstić information content (AvgIpc) is 2.88. The van der Waals surface area contributed by atoms with E-state index in [1.54, 1.807) is 0 Å². The third kappa shape index (κ3) is 5.23. The lowest BCUT2D eigenvalue weighted by atomic mass is 9.82. The van der Waals surface area contributed by atoms with Crippen molar-refractivity contribution >= 4 is 11.5 Å². The summed E-state index contributed by atoms with van der Waals surface area (Å²) in [5, 5.41) is 0. The van der Waals surface area contributed by atoms with Gasteiger partial charge < -0.3 is 14.5 Å². The molecule has 2 aliphatic rings. The molecular formula is C32H43N5O. The largest absolute Gasteiger partial charge is 0.478 e. The molecule has 5 rings (SSSR count). The van der Waals surface area contributed by atoms with Gasteiger partial charge in [-0.15, -0.1) is 0 Å². The van der Waals surface area contributed by atoms with E-state index < -0.39 is 0 Å². The van der Waals surface area contributed by atoms with Crippen molar-refractivity contribution in [3.63, 3.8) is 0 Å². The molecular weight excluding hydrogens is 470 g/mol. The monoisotopic (exact) mass is 513 g/mol. The van der Waals surface area contributed by atoms with Crippen molar-refractivity contribution in [2.24, 2.45) is 5.41 Å². The molecule has 0 radical (unpaired) electrons. The fraction of sp³-hybridized carbons (Fsp3) is 0.531. The van der Waals surface area contributed by atoms with Gasteiger partial charge in [0.2, 0.25) is 5.88 Å². The van der Waals surface area contributed by atoms with Gasteiger partial charge in [-0.25, -0.2) is 4.98 Å². The topological polar surface area (TPSA) is 54.4 Å². The Hall–Kier alpha value is -3.15. The van der Waals surface area contributed by atoms with Crippen LogP contribution in [0.15, 0.2) is 24.3 Å². The predicted octanol–water partition coefficient (Wildman–Crippen LogP) is 6.61. The molecule has 0 amide bonds. The molecule has 6 heteroatoms. The quantitative estimate of drug-likeness (QED) is 0.369. The van der Waals surface area contributed by atoms with Crippen LogP contribution in [0.25, 0.3) is 11.1 Å². The van der Waals surface area contributed by atoms with Gasteiger partial charge in [-0.3, -0.25) is 4.98 Å². The molecule has 1 fully saturated rings. The van der Waals surface area contributed by atoms with Gasteiger partial charge in [0.15, 0.2) is 0 Å². The molecule has 1 saturated heterocycles. The van der Waals surface area contributed by atoms with E-state index in [9.17, 15) is 0 Å². The van der Waals surface area contributed by atoms with Gasteiger partial charge in [0.05, 0.1) is 12.3 Å². The van der Waals surface area contributed by atoms with Crippen molar-refractivity contribution in [3.8, 4) is 17.0 Å². The van der Waals surface area contributed by atoms with Crippen molar-refractivity contribution in [2.75, 3.05) is 36.0 Å². The summed E-state index contributed by atoms with van der Waals surface area (Å²) in [6.07, 6.45) is 4.44.